The van der Waals surface area contributed by atoms with Crippen LogP contribution in [0.2, 0.25) is 0 Å². The Morgan fingerprint density at radius 1 is 1.35 bits per heavy atom. The molecule has 1 N–H and O–H groups in total. The number of fused-ring (bicyclic) bond motifs is 2. The summed E-state index contributed by atoms with van der Waals surface area (Å²) in [5.41, 5.74) is 2.42. The van der Waals surface area contributed by atoms with Crippen LogP contribution < -0.4 is 5.32 Å². The van der Waals surface area contributed by atoms with Crippen molar-refractivity contribution in [2.24, 2.45) is 16.7 Å². The van der Waals surface area contributed by atoms with Crippen molar-refractivity contribution in [1.29, 1.82) is 5.26 Å². The smallest absolute Gasteiger partial charge is 0.101 e. The number of hydrogen-bond acceptors (Lipinski definition) is 2. The molecule has 2 bridgehead atoms. The standard InChI is InChI=1S/C17H21BrN2/c1-16(2)12-6-7-17(16,3)15(8-12)20-14-9-13(18)5-4-11(14)10-19/h4-5,9,12,15,20H,6-8H2,1-3H3. The van der Waals surface area contributed by atoms with Crippen LogP contribution in [-0.4, -0.2) is 6.04 Å². The van der Waals surface area contributed by atoms with Crippen LogP contribution in [0.15, 0.2) is 22.7 Å². The number of nitrogens with one attached hydrogen (secondary N) is 1. The van der Waals surface area contributed by atoms with Crippen LogP contribution >= 0.6 is 15.9 Å². The summed E-state index contributed by atoms with van der Waals surface area (Å²) in [5.74, 6) is 0.808. The van der Waals surface area contributed by atoms with Gasteiger partial charge in [-0.2, -0.15) is 5.26 Å². The molecule has 2 fully saturated rings. The first-order chi connectivity index (χ1) is 9.38. The average molecular weight is 333 g/mol. The SMILES string of the molecule is CC1(C)C2CCC1(C)C(Nc1cc(Br)ccc1C#N)C2. The van der Waals surface area contributed by atoms with Crippen molar-refractivity contribution in [1.82, 2.24) is 0 Å². The van der Waals surface area contributed by atoms with E-state index in [0.717, 1.165) is 21.6 Å². The van der Waals surface area contributed by atoms with Crippen LogP contribution in [0.4, 0.5) is 5.69 Å². The summed E-state index contributed by atoms with van der Waals surface area (Å²) < 4.78 is 1.02. The lowest BCUT2D eigenvalue weighted by molar-refractivity contribution is 0.142. The van der Waals surface area contributed by atoms with Gasteiger partial charge in [-0.1, -0.05) is 36.7 Å². The maximum Gasteiger partial charge on any atom is 0.101 e. The van der Waals surface area contributed by atoms with Gasteiger partial charge in [0.15, 0.2) is 0 Å². The second-order valence-corrected chi connectivity index (χ2v) is 8.02. The van der Waals surface area contributed by atoms with Gasteiger partial charge in [-0.05, 0) is 54.2 Å². The Bertz CT molecular complexity index is 587. The maximum atomic E-state index is 9.28. The molecular formula is C17H21BrN2. The minimum absolute atomic E-state index is 0.326. The summed E-state index contributed by atoms with van der Waals surface area (Å²) in [4.78, 5) is 0. The molecule has 1 aromatic carbocycles. The molecule has 2 aliphatic carbocycles. The van der Waals surface area contributed by atoms with Crippen LogP contribution in [0.1, 0.15) is 45.6 Å². The number of benzene rings is 1. The van der Waals surface area contributed by atoms with Gasteiger partial charge in [0.05, 0.1) is 11.3 Å². The monoisotopic (exact) mass is 332 g/mol. The van der Waals surface area contributed by atoms with Gasteiger partial charge < -0.3 is 5.32 Å². The van der Waals surface area contributed by atoms with Crippen LogP contribution in [0, 0.1) is 28.1 Å². The molecule has 2 aliphatic rings. The van der Waals surface area contributed by atoms with E-state index in [1.807, 2.05) is 18.2 Å². The average Bonchev–Trinajstić information content (AvgIpc) is 2.72. The second-order valence-electron chi connectivity index (χ2n) is 7.11. The minimum atomic E-state index is 0.326. The highest BCUT2D eigenvalue weighted by Gasteiger charge is 2.61. The Hall–Kier alpha value is -1.01. The van der Waals surface area contributed by atoms with Crippen molar-refractivity contribution in [3.63, 3.8) is 0 Å². The molecule has 3 unspecified atom stereocenters. The molecule has 0 aliphatic heterocycles. The summed E-state index contributed by atoms with van der Waals surface area (Å²) in [6.07, 6.45) is 3.87. The topological polar surface area (TPSA) is 35.8 Å². The van der Waals surface area contributed by atoms with Gasteiger partial charge >= 0.3 is 0 Å². The molecule has 0 aromatic heterocycles. The van der Waals surface area contributed by atoms with E-state index in [1.54, 1.807) is 0 Å². The van der Waals surface area contributed by atoms with Gasteiger partial charge in [0.25, 0.3) is 0 Å². The molecule has 3 rings (SSSR count). The third-order valence-corrected chi connectivity index (χ3v) is 6.72. The molecular weight excluding hydrogens is 312 g/mol. The summed E-state index contributed by atoms with van der Waals surface area (Å²) in [7, 11) is 0. The van der Waals surface area contributed by atoms with E-state index >= 15 is 0 Å². The van der Waals surface area contributed by atoms with E-state index in [0.29, 0.717) is 16.9 Å². The Morgan fingerprint density at radius 3 is 2.65 bits per heavy atom. The third kappa shape index (κ3) is 1.81. The van der Waals surface area contributed by atoms with E-state index in [1.165, 1.54) is 19.3 Å². The van der Waals surface area contributed by atoms with Crippen LogP contribution in [-0.2, 0) is 0 Å². The molecule has 0 amide bonds. The van der Waals surface area contributed by atoms with E-state index in [2.05, 4.69) is 48.1 Å². The van der Waals surface area contributed by atoms with Gasteiger partial charge in [0.2, 0.25) is 0 Å². The zero-order valence-corrected chi connectivity index (χ0v) is 13.9. The lowest BCUT2D eigenvalue weighted by Gasteiger charge is -2.40. The highest BCUT2D eigenvalue weighted by Crippen LogP contribution is 2.65. The predicted molar refractivity (Wildman–Crippen MR) is 85.5 cm³/mol. The Labute approximate surface area is 129 Å². The minimum Gasteiger partial charge on any atom is -0.381 e. The lowest BCUT2D eigenvalue weighted by Crippen LogP contribution is -2.40. The first-order valence-corrected chi connectivity index (χ1v) is 8.14. The summed E-state index contributed by atoms with van der Waals surface area (Å²) in [5, 5.41) is 13.0. The molecule has 0 spiro atoms. The Morgan fingerprint density at radius 2 is 2.10 bits per heavy atom. The molecule has 106 valence electrons. The fraction of sp³-hybridized carbons (Fsp3) is 0.588. The molecule has 2 saturated carbocycles. The number of nitriles is 1. The number of nitrogens with zero attached hydrogens (tertiary/aromatic N) is 1. The fourth-order valence-electron chi connectivity index (χ4n) is 4.34. The number of halogens is 1. The Balaban J connectivity index is 1.91. The third-order valence-electron chi connectivity index (χ3n) is 6.23. The van der Waals surface area contributed by atoms with Crippen LogP contribution in [0.3, 0.4) is 0 Å². The van der Waals surface area contributed by atoms with Gasteiger partial charge in [-0.3, -0.25) is 0 Å². The fourth-order valence-corrected chi connectivity index (χ4v) is 4.70. The van der Waals surface area contributed by atoms with Crippen LogP contribution in [0.25, 0.3) is 0 Å². The molecule has 20 heavy (non-hydrogen) atoms. The normalized spacial score (nSPS) is 34.0. The highest BCUT2D eigenvalue weighted by molar-refractivity contribution is 9.10. The Kier molecular flexibility index (Phi) is 3.14. The van der Waals surface area contributed by atoms with E-state index in [4.69, 9.17) is 0 Å². The van der Waals surface area contributed by atoms with Crippen LogP contribution in [0.5, 0.6) is 0 Å². The maximum absolute atomic E-state index is 9.28. The van der Waals surface area contributed by atoms with E-state index in [-0.39, 0.29) is 0 Å². The van der Waals surface area contributed by atoms with Crippen molar-refractivity contribution < 1.29 is 0 Å². The van der Waals surface area contributed by atoms with Gasteiger partial charge in [0.1, 0.15) is 6.07 Å². The first kappa shape index (κ1) is 13.9. The number of hydrogen-bond donors (Lipinski definition) is 1. The largest absolute Gasteiger partial charge is 0.381 e. The van der Waals surface area contributed by atoms with Gasteiger partial charge in [0, 0.05) is 10.5 Å². The highest BCUT2D eigenvalue weighted by atomic mass is 79.9. The molecule has 2 nitrogen and oxygen atoms in total. The predicted octanol–water partition coefficient (Wildman–Crippen LogP) is 4.95. The van der Waals surface area contributed by atoms with Crippen molar-refractivity contribution in [2.75, 3.05) is 5.32 Å². The number of rotatable bonds is 2. The van der Waals surface area contributed by atoms with Crippen molar-refractivity contribution in [3.05, 3.63) is 28.2 Å². The summed E-state index contributed by atoms with van der Waals surface area (Å²) in [6, 6.07) is 8.60. The summed E-state index contributed by atoms with van der Waals surface area (Å²) in [6.45, 7) is 7.25. The molecule has 1 aromatic rings. The van der Waals surface area contributed by atoms with E-state index in [9.17, 15) is 5.26 Å². The number of anilines is 1. The van der Waals surface area contributed by atoms with Gasteiger partial charge in [-0.25, -0.2) is 0 Å². The quantitative estimate of drug-likeness (QED) is 0.831. The van der Waals surface area contributed by atoms with E-state index < -0.39 is 0 Å². The second kappa shape index (κ2) is 4.49. The van der Waals surface area contributed by atoms with Crippen molar-refractivity contribution in [3.8, 4) is 6.07 Å². The molecule has 3 atom stereocenters. The molecule has 3 heteroatoms. The molecule has 0 saturated heterocycles. The first-order valence-electron chi connectivity index (χ1n) is 7.34. The van der Waals surface area contributed by atoms with Gasteiger partial charge in [-0.15, -0.1) is 0 Å². The summed E-state index contributed by atoms with van der Waals surface area (Å²) >= 11 is 3.50. The zero-order valence-electron chi connectivity index (χ0n) is 12.3. The molecule has 0 radical (unpaired) electrons. The van der Waals surface area contributed by atoms with Crippen molar-refractivity contribution in [2.45, 2.75) is 46.1 Å². The van der Waals surface area contributed by atoms with Crippen molar-refractivity contribution >= 4 is 21.6 Å². The molecule has 0 heterocycles. The zero-order chi connectivity index (χ0) is 14.5. The lowest BCUT2D eigenvalue weighted by atomic mass is 9.69.